The Morgan fingerprint density at radius 1 is 1.20 bits per heavy atom. The molecule has 0 radical (unpaired) electrons. The van der Waals surface area contributed by atoms with Crippen molar-refractivity contribution in [3.8, 4) is 17.2 Å². The average molecular weight is 431 g/mol. The van der Waals surface area contributed by atoms with Crippen LogP contribution in [0, 0.1) is 11.3 Å². The molecule has 0 unspecified atom stereocenters. The van der Waals surface area contributed by atoms with Crippen LogP contribution >= 0.6 is 11.3 Å². The molecule has 1 aromatic heterocycles. The Morgan fingerprint density at radius 3 is 2.47 bits per heavy atom. The van der Waals surface area contributed by atoms with Crippen molar-refractivity contribution in [1.82, 2.24) is 5.32 Å². The molecule has 3 N–H and O–H groups in total. The van der Waals surface area contributed by atoms with E-state index in [2.05, 4.69) is 31.4 Å². The van der Waals surface area contributed by atoms with Gasteiger partial charge in [0, 0.05) is 10.4 Å². The minimum absolute atomic E-state index is 0.0505. The molecule has 0 saturated heterocycles. The molecule has 0 bridgehead atoms. The van der Waals surface area contributed by atoms with Crippen molar-refractivity contribution in [3.05, 3.63) is 33.7 Å². The molecule has 2 atom stereocenters. The van der Waals surface area contributed by atoms with Crippen molar-refractivity contribution in [3.63, 3.8) is 0 Å². The van der Waals surface area contributed by atoms with E-state index in [4.69, 9.17) is 9.47 Å². The van der Waals surface area contributed by atoms with Gasteiger partial charge < -0.3 is 25.2 Å². The van der Waals surface area contributed by atoms with E-state index in [0.29, 0.717) is 22.8 Å². The van der Waals surface area contributed by atoms with Gasteiger partial charge >= 0.3 is 0 Å². The maximum Gasteiger partial charge on any atom is 0.256 e. The molecule has 1 aliphatic carbocycles. The summed E-state index contributed by atoms with van der Waals surface area (Å²) in [5, 5.41) is 17.7. The quantitative estimate of drug-likeness (QED) is 0.631. The largest absolute Gasteiger partial charge is 0.502 e. The van der Waals surface area contributed by atoms with Crippen molar-refractivity contribution < 1.29 is 19.4 Å². The summed E-state index contributed by atoms with van der Waals surface area (Å²) in [6.07, 6.45) is 3.85. The molecule has 7 heteroatoms. The number of benzene rings is 1. The maximum absolute atomic E-state index is 13.1. The van der Waals surface area contributed by atoms with E-state index < -0.39 is 6.17 Å². The Morgan fingerprint density at radius 2 is 1.87 bits per heavy atom. The number of hydrogen-bond donors (Lipinski definition) is 3. The number of aromatic hydroxyl groups is 1. The van der Waals surface area contributed by atoms with Gasteiger partial charge in [0.2, 0.25) is 5.75 Å². The van der Waals surface area contributed by atoms with Crippen LogP contribution in [0.5, 0.6) is 17.2 Å². The Labute approximate surface area is 181 Å². The van der Waals surface area contributed by atoms with Crippen LogP contribution in [0.3, 0.4) is 0 Å². The predicted molar refractivity (Wildman–Crippen MR) is 119 cm³/mol. The summed E-state index contributed by atoms with van der Waals surface area (Å²) in [6.45, 7) is 6.96. The molecule has 30 heavy (non-hydrogen) atoms. The third-order valence-electron chi connectivity index (χ3n) is 6.90. The number of nitrogens with one attached hydrogen (secondary N) is 2. The molecule has 0 saturated carbocycles. The van der Waals surface area contributed by atoms with Crippen LogP contribution in [0.15, 0.2) is 12.1 Å². The lowest BCUT2D eigenvalue weighted by Crippen LogP contribution is -2.38. The number of hydrogen-bond acceptors (Lipinski definition) is 6. The van der Waals surface area contributed by atoms with Crippen molar-refractivity contribution in [2.45, 2.75) is 52.6 Å². The number of ether oxygens (including phenoxy) is 2. The van der Waals surface area contributed by atoms with E-state index in [0.717, 1.165) is 41.8 Å². The van der Waals surface area contributed by atoms with Crippen LogP contribution in [0.2, 0.25) is 0 Å². The number of phenolic OH excluding ortho intramolecular Hbond substituents is 1. The van der Waals surface area contributed by atoms with Crippen LogP contribution in [0.1, 0.15) is 66.1 Å². The van der Waals surface area contributed by atoms with Gasteiger partial charge in [0.15, 0.2) is 11.5 Å². The van der Waals surface area contributed by atoms with Crippen molar-refractivity contribution >= 4 is 22.2 Å². The molecule has 2 aliphatic rings. The molecule has 1 aliphatic heterocycles. The zero-order valence-corrected chi connectivity index (χ0v) is 19.0. The highest BCUT2D eigenvalue weighted by Crippen LogP contribution is 2.47. The lowest BCUT2D eigenvalue weighted by Gasteiger charge is -2.36. The van der Waals surface area contributed by atoms with E-state index in [1.807, 2.05) is 0 Å². The summed E-state index contributed by atoms with van der Waals surface area (Å²) < 4.78 is 10.5. The summed E-state index contributed by atoms with van der Waals surface area (Å²) in [6, 6.07) is 3.43. The molecule has 0 fully saturated rings. The fourth-order valence-corrected chi connectivity index (χ4v) is 5.85. The smallest absolute Gasteiger partial charge is 0.256 e. The molecule has 2 heterocycles. The number of carbonyl (C=O) groups is 1. The zero-order chi connectivity index (χ0) is 21.6. The Hall–Kier alpha value is -2.41. The van der Waals surface area contributed by atoms with E-state index >= 15 is 0 Å². The summed E-state index contributed by atoms with van der Waals surface area (Å²) >= 11 is 1.71. The van der Waals surface area contributed by atoms with Crippen LogP contribution in [0.4, 0.5) is 5.00 Å². The van der Waals surface area contributed by atoms with Gasteiger partial charge in [-0.15, -0.1) is 11.3 Å². The molecule has 162 valence electrons. The van der Waals surface area contributed by atoms with Crippen LogP contribution < -0.4 is 20.1 Å². The van der Waals surface area contributed by atoms with Gasteiger partial charge in [-0.05, 0) is 48.3 Å². The van der Waals surface area contributed by atoms with Gasteiger partial charge in [-0.25, -0.2) is 0 Å². The van der Waals surface area contributed by atoms with E-state index in [1.54, 1.807) is 23.5 Å². The first-order valence-electron chi connectivity index (χ1n) is 10.5. The van der Waals surface area contributed by atoms with E-state index in [-0.39, 0.29) is 11.7 Å². The number of methoxy groups -OCH3 is 2. The predicted octanol–water partition coefficient (Wildman–Crippen LogP) is 4.87. The van der Waals surface area contributed by atoms with Gasteiger partial charge in [0.05, 0.1) is 19.8 Å². The van der Waals surface area contributed by atoms with Crippen molar-refractivity contribution in [1.29, 1.82) is 0 Å². The molecule has 0 spiro atoms. The highest BCUT2D eigenvalue weighted by atomic mass is 32.1. The molecule has 1 aromatic carbocycles. The first-order valence-corrected chi connectivity index (χ1v) is 11.3. The third kappa shape index (κ3) is 3.39. The van der Waals surface area contributed by atoms with E-state index in [1.165, 1.54) is 24.7 Å². The highest BCUT2D eigenvalue weighted by molar-refractivity contribution is 7.16. The number of thiophene rings is 1. The van der Waals surface area contributed by atoms with Crippen LogP contribution in [-0.4, -0.2) is 25.2 Å². The second kappa shape index (κ2) is 7.69. The van der Waals surface area contributed by atoms with Gasteiger partial charge in [-0.1, -0.05) is 27.2 Å². The van der Waals surface area contributed by atoms with Gasteiger partial charge in [-0.2, -0.15) is 0 Å². The van der Waals surface area contributed by atoms with Gasteiger partial charge in [0.1, 0.15) is 11.2 Å². The number of rotatable bonds is 5. The Bertz CT molecular complexity index is 957. The summed E-state index contributed by atoms with van der Waals surface area (Å²) in [7, 11) is 2.98. The van der Waals surface area contributed by atoms with Gasteiger partial charge in [0.25, 0.3) is 5.91 Å². The third-order valence-corrected chi connectivity index (χ3v) is 8.08. The topological polar surface area (TPSA) is 79.8 Å². The first-order chi connectivity index (χ1) is 14.3. The lowest BCUT2D eigenvalue weighted by molar-refractivity contribution is 0.0934. The normalized spacial score (nSPS) is 20.6. The number of amides is 1. The summed E-state index contributed by atoms with van der Waals surface area (Å²) in [5.41, 5.74) is 3.08. The second-order valence-electron chi connectivity index (χ2n) is 8.81. The molecular weight excluding hydrogens is 400 g/mol. The fourth-order valence-electron chi connectivity index (χ4n) is 4.50. The average Bonchev–Trinajstić information content (AvgIpc) is 3.12. The lowest BCUT2D eigenvalue weighted by atomic mass is 9.69. The molecule has 4 rings (SSSR count). The van der Waals surface area contributed by atoms with Gasteiger partial charge in [-0.3, -0.25) is 4.79 Å². The number of phenols is 1. The van der Waals surface area contributed by atoms with E-state index in [9.17, 15) is 9.90 Å². The van der Waals surface area contributed by atoms with Crippen molar-refractivity contribution in [2.24, 2.45) is 11.3 Å². The highest BCUT2D eigenvalue weighted by Gasteiger charge is 2.37. The minimum atomic E-state index is -0.420. The number of fused-ring (bicyclic) bond motifs is 3. The molecule has 6 nitrogen and oxygen atoms in total. The summed E-state index contributed by atoms with van der Waals surface area (Å²) in [4.78, 5) is 14.4. The zero-order valence-electron chi connectivity index (χ0n) is 18.2. The molecule has 2 aromatic rings. The number of anilines is 1. The SMILES string of the molecule is CCC(C)(C)[C@@H]1CCc2c(sc3c2C(=O)N[C@H](c2cc(OC)c(O)c(OC)c2)N3)C1. The molecular formula is C23H30N2O4S. The minimum Gasteiger partial charge on any atom is -0.502 e. The fraction of sp³-hybridized carbons (Fsp3) is 0.522. The Kier molecular flexibility index (Phi) is 5.34. The standard InChI is InChI=1S/C23H30N2O4S/c1-6-23(2,3)13-7-8-14-17(11-13)30-22-18(14)21(27)24-20(25-22)12-9-15(28-4)19(26)16(10-12)29-5/h9-10,13,20,25-26H,6-8,11H2,1-5H3,(H,24,27)/t13-,20+/m1/s1. The Balaban J connectivity index is 1.65. The summed E-state index contributed by atoms with van der Waals surface area (Å²) in [5.74, 6) is 1.15. The second-order valence-corrected chi connectivity index (χ2v) is 9.92. The number of carbonyl (C=O) groups excluding carboxylic acids is 1. The van der Waals surface area contributed by atoms with Crippen LogP contribution in [0.25, 0.3) is 0 Å². The maximum atomic E-state index is 13.1. The van der Waals surface area contributed by atoms with Crippen molar-refractivity contribution in [2.75, 3.05) is 19.5 Å². The van der Waals surface area contributed by atoms with Crippen LogP contribution in [-0.2, 0) is 12.8 Å². The molecule has 1 amide bonds. The monoisotopic (exact) mass is 430 g/mol. The first kappa shape index (κ1) is 20.8.